The summed E-state index contributed by atoms with van der Waals surface area (Å²) >= 11 is -25.6. The van der Waals surface area contributed by atoms with Crippen molar-refractivity contribution in [3.63, 3.8) is 0 Å². The van der Waals surface area contributed by atoms with Crippen LogP contribution in [0.5, 0.6) is 0 Å². The Morgan fingerprint density at radius 1 is 0.500 bits per heavy atom. The van der Waals surface area contributed by atoms with Gasteiger partial charge in [0, 0.05) is 0 Å². The summed E-state index contributed by atoms with van der Waals surface area (Å²) in [7, 11) is 0. The predicted molar refractivity (Wildman–Crippen MR) is 15.8 cm³/mol. The monoisotopic (exact) mass is 728 g/mol. The van der Waals surface area contributed by atoms with Gasteiger partial charge in [0.2, 0.25) is 0 Å². The molecule has 0 amide bonds. The molecule has 0 N–H and O–H groups in total. The van der Waals surface area contributed by atoms with E-state index in [1.807, 2.05) is 0 Å². The van der Waals surface area contributed by atoms with E-state index in [4.69, 9.17) is 0 Å². The van der Waals surface area contributed by atoms with Crippen LogP contribution in [0.2, 0.25) is 0 Å². The summed E-state index contributed by atoms with van der Waals surface area (Å²) in [6, 6.07) is 0. The van der Waals surface area contributed by atoms with Crippen molar-refractivity contribution >= 4 is 6.16 Å². The van der Waals surface area contributed by atoms with Gasteiger partial charge >= 0.3 is 82.3 Å². The molecular weight excluding hydrogens is 728 g/mol. The Kier molecular flexibility index (Phi) is 1.60. The van der Waals surface area contributed by atoms with Crippen LogP contribution in [-0.2, 0) is 31.3 Å². The minimum absolute atomic E-state index is 1.43. The molecule has 15 nitrogen and oxygen atoms in total. The molecule has 0 atom stereocenters. The van der Waals surface area contributed by atoms with E-state index in [9.17, 15) is 31.6 Å². The van der Waals surface area contributed by atoms with E-state index in [0.29, 0.717) is 0 Å². The first-order valence-electron chi connectivity index (χ1n) is 3.47. The second-order valence-corrected chi connectivity index (χ2v) is 34.8. The summed E-state index contributed by atoms with van der Waals surface area (Å²) in [4.78, 5) is 9.96. The summed E-state index contributed by atoms with van der Waals surface area (Å²) in [6.45, 7) is 0. The van der Waals surface area contributed by atoms with Gasteiger partial charge in [0.1, 0.15) is 0 Å². The number of hydrogen-bond donors (Lipinski definition) is 0. The van der Waals surface area contributed by atoms with Crippen LogP contribution < -0.4 is 0 Å². The topological polar surface area (TPSA) is 240 Å². The molecule has 0 aliphatic rings. The van der Waals surface area contributed by atoms with Crippen LogP contribution in [0.15, 0.2) is 0 Å². The van der Waals surface area contributed by atoms with Gasteiger partial charge in [-0.1, -0.05) is 0 Å². The summed E-state index contributed by atoms with van der Waals surface area (Å²) in [5.74, 6) is 0. The second-order valence-electron chi connectivity index (χ2n) is 3.95. The molecule has 0 radical (unpaired) electrons. The van der Waals surface area contributed by atoms with Crippen molar-refractivity contribution in [2.75, 3.05) is 0 Å². The second kappa shape index (κ2) is 1.69. The van der Waals surface area contributed by atoms with E-state index in [0.717, 1.165) is 0 Å². The van der Waals surface area contributed by atoms with E-state index in [-0.39, 0.29) is 0 Å². The zero-order chi connectivity index (χ0) is 15.7. The molecule has 0 fully saturated rings. The Balaban J connectivity index is 6.57. The van der Waals surface area contributed by atoms with E-state index in [1.54, 1.807) is 0 Å². The van der Waals surface area contributed by atoms with Gasteiger partial charge in [-0.05, 0) is 0 Å². The molecule has 102 valence electrons. The fourth-order valence-corrected chi connectivity index (χ4v) is 5.62. The Labute approximate surface area is 81.2 Å². The molecule has 0 aromatic heterocycles. The molecule has 0 aliphatic heterocycles. The van der Waals surface area contributed by atoms with Crippen molar-refractivity contribution in [3.8, 4) is 0 Å². The maximum atomic E-state index is 9.96. The van der Waals surface area contributed by atoms with E-state index in [1.165, 1.54) is 4.48 Å². The molecule has 17 heteroatoms. The molecule has 18 heavy (non-hydrogen) atoms. The molecule has 0 bridgehead atoms. The average molecular weight is 728 g/mol. The zero-order valence-corrected chi connectivity index (χ0v) is 16.0. The first-order chi connectivity index (χ1) is 6.46. The normalized spacial score (nSPS) is 25.1. The third-order valence-electron chi connectivity index (χ3n) is 0.667. The van der Waals surface area contributed by atoms with Gasteiger partial charge in [-0.2, -0.15) is 0 Å². The van der Waals surface area contributed by atoms with Crippen LogP contribution >= 0.6 is 0 Å². The third-order valence-corrected chi connectivity index (χ3v) is 6.22. The van der Waals surface area contributed by atoms with Gasteiger partial charge in [0.15, 0.2) is 0 Å². The molecule has 0 rings (SSSR count). The van der Waals surface area contributed by atoms with Crippen molar-refractivity contribution in [1.29, 1.82) is 0 Å². The quantitative estimate of drug-likeness (QED) is 0.319. The number of rotatable bonds is 2. The summed E-state index contributed by atoms with van der Waals surface area (Å²) in [6.07, 6.45) is -4.26. The number of hydrogen-bond acceptors (Lipinski definition) is 15. The SMILES string of the molecule is O=C([O][U](=[O])(=[O])(=[O])(=[O])(=[O])=[O])[O][U](=[O])(=[O])(=[O])(=[O])(=[O])=[O]. The number of carbonyl (C=O) groups excluding carboxylic acids is 1. The molecule has 0 aromatic carbocycles. The van der Waals surface area contributed by atoms with Crippen LogP contribution in [0.3, 0.4) is 0 Å². The van der Waals surface area contributed by atoms with E-state index >= 15 is 0 Å². The average Bonchev–Trinajstić information content (AvgIpc) is 1.31. The molecule has 0 aromatic rings. The van der Waals surface area contributed by atoms with Crippen molar-refractivity contribution in [2.24, 2.45) is 0 Å². The van der Waals surface area contributed by atoms with Gasteiger partial charge in [0.25, 0.3) is 0 Å². The number of carbonyl (C=O) groups is 1. The van der Waals surface area contributed by atoms with Crippen LogP contribution in [0.25, 0.3) is 0 Å². The van der Waals surface area contributed by atoms with Gasteiger partial charge in [0.05, 0.1) is 0 Å². The van der Waals surface area contributed by atoms with Gasteiger partial charge in [-0.3, -0.25) is 0 Å². The Bertz CT molecular complexity index is 1440. The Hall–Kier alpha value is -1.03. The first kappa shape index (κ1) is 17.0. The Morgan fingerprint density at radius 3 is 0.778 bits per heavy atom. The fraction of sp³-hybridized carbons (Fsp3) is 0. The van der Waals surface area contributed by atoms with Gasteiger partial charge in [-0.15, -0.1) is 0 Å². The third kappa shape index (κ3) is 13.0. The van der Waals surface area contributed by atoms with Crippen LogP contribution in [0.1, 0.15) is 0 Å². The molecule has 0 spiro atoms. The van der Waals surface area contributed by atoms with Crippen LogP contribution in [0, 0.1) is 40.1 Å². The van der Waals surface area contributed by atoms with Crippen LogP contribution in [-0.4, -0.2) is 6.16 Å². The maximum absolute atomic E-state index is 12.8. The fourth-order valence-electron chi connectivity index (χ4n) is 0.429. The van der Waals surface area contributed by atoms with E-state index in [2.05, 4.69) is 0 Å². The van der Waals surface area contributed by atoms with Gasteiger partial charge < -0.3 is 0 Å². The van der Waals surface area contributed by atoms with Crippen molar-refractivity contribution in [2.45, 2.75) is 0 Å². The molecule has 0 heterocycles. The van der Waals surface area contributed by atoms with Crippen molar-refractivity contribution in [3.05, 3.63) is 0 Å². The van der Waals surface area contributed by atoms with Crippen LogP contribution in [0.4, 0.5) is 4.79 Å². The minimum atomic E-state index is -12.8. The summed E-state index contributed by atoms with van der Waals surface area (Å²) in [5, 5.41) is 0. The molecule has 0 saturated carbocycles. The van der Waals surface area contributed by atoms with Crippen molar-refractivity contribution < 1.29 is 76.2 Å². The standard InChI is InChI=1S/CH2O3.12O.2U/c2-1(3)4;;;;;;;;;;;;;;/h(H2,2,3,4);;;;;;;;;;;;;;/q;;;;;;;;;;;;;2*+1/p-2. The van der Waals surface area contributed by atoms with E-state index < -0.39 is 46.2 Å². The first-order valence-corrected chi connectivity index (χ1v) is 27.3. The van der Waals surface area contributed by atoms with Crippen molar-refractivity contribution in [1.82, 2.24) is 0 Å². The Morgan fingerprint density at radius 2 is 0.667 bits per heavy atom. The summed E-state index contributed by atoms with van der Waals surface area (Å²) in [5.41, 5.74) is 0. The molecule has 0 aliphatic carbocycles. The summed E-state index contributed by atoms with van der Waals surface area (Å²) < 4.78 is 120. The van der Waals surface area contributed by atoms with Gasteiger partial charge in [-0.25, -0.2) is 0 Å². The molecule has 0 unspecified atom stereocenters. The predicted octanol–water partition coefficient (Wildman–Crippen LogP) is -1.36. The molecular formula is CO15U2. The zero-order valence-electron chi connectivity index (χ0n) is 7.62. The molecule has 0 saturated heterocycles.